The van der Waals surface area contributed by atoms with Crippen LogP contribution in [0.15, 0.2) is 65.6 Å². The van der Waals surface area contributed by atoms with Crippen molar-refractivity contribution in [1.82, 2.24) is 14.9 Å². The molecule has 0 atom stereocenters. The minimum absolute atomic E-state index is 0.172. The van der Waals surface area contributed by atoms with E-state index < -0.39 is 0 Å². The van der Waals surface area contributed by atoms with Crippen LogP contribution in [0, 0.1) is 0 Å². The minimum Gasteiger partial charge on any atom is -0.497 e. The molecule has 0 unspecified atom stereocenters. The summed E-state index contributed by atoms with van der Waals surface area (Å²) in [4.78, 5) is 28.4. The van der Waals surface area contributed by atoms with Crippen molar-refractivity contribution < 1.29 is 9.47 Å². The Kier molecular flexibility index (Phi) is 7.57. The number of anilines is 4. The number of H-pyrrole nitrogens is 1. The number of hydrogen-bond donors (Lipinski definition) is 2. The Hall–Kier alpha value is -4.08. The number of aromatic nitrogens is 2. The molecule has 208 valence electrons. The van der Waals surface area contributed by atoms with E-state index in [2.05, 4.69) is 50.1 Å². The molecule has 2 aromatic heterocycles. The lowest BCUT2D eigenvalue weighted by Crippen LogP contribution is -2.46. The number of piperazine rings is 1. The molecule has 0 radical (unpaired) electrons. The number of nitrogens with zero attached hydrogens (tertiary/aromatic N) is 4. The number of benzene rings is 2. The number of likely N-dealkylation sites (N-methyl/N-ethyl adjacent to an activating group) is 1. The van der Waals surface area contributed by atoms with Crippen molar-refractivity contribution in [2.45, 2.75) is 6.92 Å². The first-order valence-corrected chi connectivity index (χ1v) is 14.0. The predicted octanol–water partition coefficient (Wildman–Crippen LogP) is 4.32. The second kappa shape index (κ2) is 11.6. The van der Waals surface area contributed by atoms with E-state index in [0.29, 0.717) is 11.2 Å². The number of hydrogen-bond acceptors (Lipinski definition) is 8. The molecule has 0 amide bonds. The van der Waals surface area contributed by atoms with Crippen molar-refractivity contribution >= 4 is 33.8 Å². The van der Waals surface area contributed by atoms with E-state index in [1.807, 2.05) is 36.4 Å². The Morgan fingerprint density at radius 3 is 2.35 bits per heavy atom. The Labute approximate surface area is 234 Å². The van der Waals surface area contributed by atoms with Gasteiger partial charge >= 0.3 is 0 Å². The number of methoxy groups -OCH3 is 1. The monoisotopic (exact) mass is 540 g/mol. The van der Waals surface area contributed by atoms with E-state index in [1.165, 1.54) is 0 Å². The molecule has 2 N–H and O–H groups in total. The van der Waals surface area contributed by atoms with Gasteiger partial charge in [-0.05, 0) is 54.6 Å². The van der Waals surface area contributed by atoms with Gasteiger partial charge in [-0.3, -0.25) is 4.79 Å². The normalized spacial score (nSPS) is 16.4. The smallest absolute Gasteiger partial charge is 0.259 e. The molecule has 9 heteroatoms. The predicted molar refractivity (Wildman–Crippen MR) is 161 cm³/mol. The lowest BCUT2D eigenvalue weighted by molar-refractivity contribution is 0.122. The maximum atomic E-state index is 13.3. The number of nitrogens with one attached hydrogen (secondary N) is 2. The largest absolute Gasteiger partial charge is 0.497 e. The highest BCUT2D eigenvalue weighted by atomic mass is 16.5. The van der Waals surface area contributed by atoms with E-state index in [-0.39, 0.29) is 5.56 Å². The van der Waals surface area contributed by atoms with Gasteiger partial charge in [0.1, 0.15) is 17.4 Å². The molecule has 2 aliphatic rings. The zero-order valence-electron chi connectivity index (χ0n) is 23.2. The van der Waals surface area contributed by atoms with Crippen LogP contribution in [-0.4, -0.2) is 81.0 Å². The number of aromatic amines is 1. The van der Waals surface area contributed by atoms with Gasteiger partial charge in [0.15, 0.2) is 0 Å². The average Bonchev–Trinajstić information content (AvgIpc) is 3.02. The molecule has 2 aromatic carbocycles. The second-order valence-corrected chi connectivity index (χ2v) is 10.2. The molecule has 4 aromatic rings. The Morgan fingerprint density at radius 1 is 0.950 bits per heavy atom. The maximum absolute atomic E-state index is 13.3. The summed E-state index contributed by atoms with van der Waals surface area (Å²) in [5.41, 5.74) is 3.81. The fourth-order valence-corrected chi connectivity index (χ4v) is 5.53. The fourth-order valence-electron chi connectivity index (χ4n) is 5.53. The molecule has 9 nitrogen and oxygen atoms in total. The summed E-state index contributed by atoms with van der Waals surface area (Å²) in [6.45, 7) is 10.3. The Balaban J connectivity index is 1.41. The highest BCUT2D eigenvalue weighted by Gasteiger charge is 2.21. The third-order valence-corrected chi connectivity index (χ3v) is 7.92. The molecule has 2 saturated heterocycles. The SMILES string of the molecule is CCN1CCN(c2cc3c(-c4ccc(OC)cc4)c[nH]c(=O)c3c(Nc3ccc(N4CCOCC4)cc3)n2)CC1. The lowest BCUT2D eigenvalue weighted by Gasteiger charge is -2.35. The van der Waals surface area contributed by atoms with Gasteiger partial charge in [0, 0.05) is 67.8 Å². The zero-order valence-corrected chi connectivity index (χ0v) is 23.2. The first kappa shape index (κ1) is 26.2. The number of pyridine rings is 2. The van der Waals surface area contributed by atoms with Crippen LogP contribution in [0.2, 0.25) is 0 Å². The molecule has 40 heavy (non-hydrogen) atoms. The van der Waals surface area contributed by atoms with Crippen molar-refractivity contribution in [3.8, 4) is 16.9 Å². The summed E-state index contributed by atoms with van der Waals surface area (Å²) in [7, 11) is 1.66. The molecule has 4 heterocycles. The molecule has 0 saturated carbocycles. The van der Waals surface area contributed by atoms with Gasteiger partial charge in [-0.15, -0.1) is 0 Å². The average molecular weight is 541 g/mol. The molecule has 0 spiro atoms. The van der Waals surface area contributed by atoms with Crippen LogP contribution in [0.1, 0.15) is 6.92 Å². The van der Waals surface area contributed by atoms with Crippen LogP contribution in [0.3, 0.4) is 0 Å². The van der Waals surface area contributed by atoms with E-state index in [1.54, 1.807) is 13.3 Å². The molecule has 2 fully saturated rings. The van der Waals surface area contributed by atoms with Gasteiger partial charge in [0.2, 0.25) is 0 Å². The first-order valence-electron chi connectivity index (χ1n) is 14.0. The van der Waals surface area contributed by atoms with Gasteiger partial charge in [0.05, 0.1) is 25.7 Å². The molecule has 6 rings (SSSR count). The third kappa shape index (κ3) is 5.35. The van der Waals surface area contributed by atoms with E-state index >= 15 is 0 Å². The quantitative estimate of drug-likeness (QED) is 0.359. The second-order valence-electron chi connectivity index (χ2n) is 10.2. The summed E-state index contributed by atoms with van der Waals surface area (Å²) in [5.74, 6) is 2.22. The maximum Gasteiger partial charge on any atom is 0.259 e. The van der Waals surface area contributed by atoms with Crippen LogP contribution in [0.4, 0.5) is 23.0 Å². The molecular formula is C31H36N6O3. The number of morpholine rings is 1. The van der Waals surface area contributed by atoms with Crippen LogP contribution in [0.5, 0.6) is 5.75 Å². The Morgan fingerprint density at radius 2 is 1.68 bits per heavy atom. The molecule has 2 aliphatic heterocycles. The summed E-state index contributed by atoms with van der Waals surface area (Å²) in [5, 5.41) is 4.89. The van der Waals surface area contributed by atoms with Crippen molar-refractivity contribution in [2.75, 3.05) is 81.3 Å². The number of ether oxygens (including phenoxy) is 2. The zero-order chi connectivity index (χ0) is 27.5. The van der Waals surface area contributed by atoms with Crippen LogP contribution in [0.25, 0.3) is 21.9 Å². The highest BCUT2D eigenvalue weighted by molar-refractivity contribution is 6.03. The molecule has 0 aliphatic carbocycles. The van der Waals surface area contributed by atoms with Crippen LogP contribution >= 0.6 is 0 Å². The van der Waals surface area contributed by atoms with E-state index in [4.69, 9.17) is 14.5 Å². The van der Waals surface area contributed by atoms with Crippen molar-refractivity contribution in [3.05, 3.63) is 71.1 Å². The number of rotatable bonds is 7. The standard InChI is InChI=1S/C31H36N6O3/c1-3-35-12-14-37(15-13-35)28-20-26-27(22-4-10-25(39-2)11-5-22)21-32-31(38)29(26)30(34-28)33-23-6-8-24(9-7-23)36-16-18-40-19-17-36/h4-11,20-21H,3,12-19H2,1-2H3,(H,32,38)(H,33,34). The molecule has 0 bridgehead atoms. The van der Waals surface area contributed by atoms with Crippen molar-refractivity contribution in [2.24, 2.45) is 0 Å². The summed E-state index contributed by atoms with van der Waals surface area (Å²) in [6.07, 6.45) is 1.80. The van der Waals surface area contributed by atoms with Gasteiger partial charge < -0.3 is 34.5 Å². The Bertz CT molecular complexity index is 1510. The topological polar surface area (TPSA) is 86.0 Å². The van der Waals surface area contributed by atoms with Gasteiger partial charge in [0.25, 0.3) is 5.56 Å². The summed E-state index contributed by atoms with van der Waals surface area (Å²) < 4.78 is 10.9. The van der Waals surface area contributed by atoms with E-state index in [9.17, 15) is 4.79 Å². The van der Waals surface area contributed by atoms with Crippen LogP contribution < -0.4 is 25.4 Å². The van der Waals surface area contributed by atoms with Gasteiger partial charge in [-0.25, -0.2) is 4.98 Å². The van der Waals surface area contributed by atoms with E-state index in [0.717, 1.165) is 98.5 Å². The van der Waals surface area contributed by atoms with Crippen molar-refractivity contribution in [1.29, 1.82) is 0 Å². The summed E-state index contributed by atoms with van der Waals surface area (Å²) in [6, 6.07) is 18.3. The van der Waals surface area contributed by atoms with Crippen molar-refractivity contribution in [3.63, 3.8) is 0 Å². The summed E-state index contributed by atoms with van der Waals surface area (Å²) >= 11 is 0. The minimum atomic E-state index is -0.172. The lowest BCUT2D eigenvalue weighted by atomic mass is 10.0. The third-order valence-electron chi connectivity index (χ3n) is 7.92. The number of fused-ring (bicyclic) bond motifs is 1. The van der Waals surface area contributed by atoms with Gasteiger partial charge in [-0.2, -0.15) is 0 Å². The first-order chi connectivity index (χ1) is 19.6. The highest BCUT2D eigenvalue weighted by Crippen LogP contribution is 2.34. The fraction of sp³-hybridized carbons (Fsp3) is 0.355. The molecular weight excluding hydrogens is 504 g/mol. The van der Waals surface area contributed by atoms with Gasteiger partial charge in [-0.1, -0.05) is 19.1 Å². The van der Waals surface area contributed by atoms with Crippen LogP contribution in [-0.2, 0) is 4.74 Å².